The Bertz CT molecular complexity index is 186. The first-order chi connectivity index (χ1) is 6.33. The van der Waals surface area contributed by atoms with Crippen LogP contribution in [-0.2, 0) is 0 Å². The fraction of sp³-hybridized carbons (Fsp3) is 1.00. The van der Waals surface area contributed by atoms with Crippen LogP contribution in [0.3, 0.4) is 0 Å². The Hall–Kier alpha value is -0.0800. The van der Waals surface area contributed by atoms with Crippen molar-refractivity contribution in [3.63, 3.8) is 0 Å². The van der Waals surface area contributed by atoms with Gasteiger partial charge in [-0.2, -0.15) is 0 Å². The van der Waals surface area contributed by atoms with Crippen LogP contribution >= 0.6 is 0 Å². The zero-order chi connectivity index (χ0) is 8.84. The molecule has 0 bridgehead atoms. The summed E-state index contributed by atoms with van der Waals surface area (Å²) >= 11 is 0. The van der Waals surface area contributed by atoms with Gasteiger partial charge in [0.25, 0.3) is 0 Å². The minimum absolute atomic E-state index is 0.970. The SMILES string of the molecule is CN1CCN(C2CC3C[C@@H]3C2)CC1. The monoisotopic (exact) mass is 180 g/mol. The molecule has 2 unspecified atom stereocenters. The van der Waals surface area contributed by atoms with E-state index < -0.39 is 0 Å². The average Bonchev–Trinajstić information content (AvgIpc) is 2.75. The van der Waals surface area contributed by atoms with E-state index in [-0.39, 0.29) is 0 Å². The summed E-state index contributed by atoms with van der Waals surface area (Å²) in [6.45, 7) is 5.21. The number of fused-ring (bicyclic) bond motifs is 1. The van der Waals surface area contributed by atoms with Crippen molar-refractivity contribution in [2.75, 3.05) is 33.2 Å². The van der Waals surface area contributed by atoms with Crippen LogP contribution < -0.4 is 0 Å². The molecular weight excluding hydrogens is 160 g/mol. The molecule has 3 rings (SSSR count). The zero-order valence-electron chi connectivity index (χ0n) is 8.58. The van der Waals surface area contributed by atoms with Gasteiger partial charge in [-0.1, -0.05) is 0 Å². The van der Waals surface area contributed by atoms with Crippen molar-refractivity contribution in [1.29, 1.82) is 0 Å². The molecule has 2 aliphatic carbocycles. The molecule has 0 amide bonds. The average molecular weight is 180 g/mol. The molecule has 2 heteroatoms. The van der Waals surface area contributed by atoms with Crippen molar-refractivity contribution in [3.8, 4) is 0 Å². The van der Waals surface area contributed by atoms with Crippen LogP contribution in [0.5, 0.6) is 0 Å². The fourth-order valence-electron chi connectivity index (χ4n) is 3.17. The fourth-order valence-corrected chi connectivity index (χ4v) is 3.17. The maximum Gasteiger partial charge on any atom is 0.0113 e. The molecule has 1 saturated heterocycles. The quantitative estimate of drug-likeness (QED) is 0.595. The van der Waals surface area contributed by atoms with E-state index >= 15 is 0 Å². The molecule has 1 heterocycles. The van der Waals surface area contributed by atoms with E-state index in [1.54, 1.807) is 6.42 Å². The molecule has 0 N–H and O–H groups in total. The van der Waals surface area contributed by atoms with Crippen molar-refractivity contribution in [2.45, 2.75) is 25.3 Å². The zero-order valence-corrected chi connectivity index (χ0v) is 8.58. The summed E-state index contributed by atoms with van der Waals surface area (Å²) in [7, 11) is 2.24. The first-order valence-corrected chi connectivity index (χ1v) is 5.75. The van der Waals surface area contributed by atoms with E-state index in [0.717, 1.165) is 17.9 Å². The number of likely N-dealkylation sites (N-methyl/N-ethyl adjacent to an activating group) is 1. The summed E-state index contributed by atoms with van der Waals surface area (Å²) in [6, 6.07) is 0.970. The highest BCUT2D eigenvalue weighted by Gasteiger charge is 2.47. The lowest BCUT2D eigenvalue weighted by Gasteiger charge is -2.37. The van der Waals surface area contributed by atoms with Gasteiger partial charge in [-0.25, -0.2) is 0 Å². The second-order valence-electron chi connectivity index (χ2n) is 5.22. The van der Waals surface area contributed by atoms with Gasteiger partial charge in [-0.05, 0) is 38.1 Å². The van der Waals surface area contributed by atoms with Crippen molar-refractivity contribution < 1.29 is 0 Å². The maximum atomic E-state index is 2.74. The first-order valence-electron chi connectivity index (χ1n) is 5.75. The molecular formula is C11H20N2. The normalized spacial score (nSPS) is 46.4. The molecule has 1 aliphatic heterocycles. The lowest BCUT2D eigenvalue weighted by molar-refractivity contribution is 0.108. The Kier molecular flexibility index (Phi) is 1.88. The van der Waals surface area contributed by atoms with Gasteiger partial charge in [0.2, 0.25) is 0 Å². The number of piperazine rings is 1. The number of nitrogens with zero attached hydrogens (tertiary/aromatic N) is 2. The minimum atomic E-state index is 0.970. The third-order valence-corrected chi connectivity index (χ3v) is 4.27. The van der Waals surface area contributed by atoms with Crippen molar-refractivity contribution in [3.05, 3.63) is 0 Å². The van der Waals surface area contributed by atoms with E-state index in [0.29, 0.717) is 0 Å². The second kappa shape index (κ2) is 2.96. The number of hydrogen-bond acceptors (Lipinski definition) is 2. The molecule has 3 aliphatic rings. The number of rotatable bonds is 1. The van der Waals surface area contributed by atoms with Crippen LogP contribution in [0.4, 0.5) is 0 Å². The lowest BCUT2D eigenvalue weighted by atomic mass is 10.1. The van der Waals surface area contributed by atoms with E-state index in [1.165, 1.54) is 39.0 Å². The highest BCUT2D eigenvalue weighted by molar-refractivity contribution is 5.00. The Morgan fingerprint density at radius 2 is 1.46 bits per heavy atom. The van der Waals surface area contributed by atoms with Crippen LogP contribution in [0.2, 0.25) is 0 Å². The lowest BCUT2D eigenvalue weighted by Crippen LogP contribution is -2.48. The molecule has 2 nitrogen and oxygen atoms in total. The summed E-state index contributed by atoms with van der Waals surface area (Å²) in [5.41, 5.74) is 0. The molecule has 3 atom stereocenters. The smallest absolute Gasteiger partial charge is 0.0113 e. The molecule has 0 aromatic rings. The van der Waals surface area contributed by atoms with Gasteiger partial charge < -0.3 is 4.90 Å². The summed E-state index contributed by atoms with van der Waals surface area (Å²) < 4.78 is 0. The summed E-state index contributed by atoms with van der Waals surface area (Å²) in [5.74, 6) is 2.29. The second-order valence-corrected chi connectivity index (χ2v) is 5.22. The molecule has 74 valence electrons. The van der Waals surface area contributed by atoms with Gasteiger partial charge in [0, 0.05) is 32.2 Å². The summed E-state index contributed by atoms with van der Waals surface area (Å²) in [6.07, 6.45) is 4.60. The van der Waals surface area contributed by atoms with Gasteiger partial charge in [0.15, 0.2) is 0 Å². The highest BCUT2D eigenvalue weighted by atomic mass is 15.3. The number of hydrogen-bond donors (Lipinski definition) is 0. The van der Waals surface area contributed by atoms with E-state index in [1.807, 2.05) is 0 Å². The van der Waals surface area contributed by atoms with Crippen molar-refractivity contribution >= 4 is 0 Å². The van der Waals surface area contributed by atoms with Gasteiger partial charge in [0.1, 0.15) is 0 Å². The van der Waals surface area contributed by atoms with Crippen LogP contribution in [0.15, 0.2) is 0 Å². The van der Waals surface area contributed by atoms with Crippen LogP contribution in [-0.4, -0.2) is 49.1 Å². The Morgan fingerprint density at radius 1 is 0.846 bits per heavy atom. The molecule has 2 saturated carbocycles. The molecule has 0 spiro atoms. The van der Waals surface area contributed by atoms with Gasteiger partial charge in [0.05, 0.1) is 0 Å². The molecule has 0 aromatic carbocycles. The van der Waals surface area contributed by atoms with E-state index in [2.05, 4.69) is 16.8 Å². The largest absolute Gasteiger partial charge is 0.304 e. The highest BCUT2D eigenvalue weighted by Crippen LogP contribution is 2.53. The topological polar surface area (TPSA) is 6.48 Å². The Labute approximate surface area is 80.9 Å². The van der Waals surface area contributed by atoms with Gasteiger partial charge in [-0.3, -0.25) is 4.90 Å². The minimum Gasteiger partial charge on any atom is -0.304 e. The van der Waals surface area contributed by atoms with Crippen LogP contribution in [0.25, 0.3) is 0 Å². The molecule has 0 aromatic heterocycles. The van der Waals surface area contributed by atoms with Crippen LogP contribution in [0.1, 0.15) is 19.3 Å². The standard InChI is InChI=1S/C11H20N2/c1-12-2-4-13(5-3-12)11-7-9-6-10(9)8-11/h9-11H,2-8H2,1H3/t9-,10?,11?/m1/s1. The molecule has 3 fully saturated rings. The predicted octanol–water partition coefficient (Wildman–Crippen LogP) is 1.03. The van der Waals surface area contributed by atoms with E-state index in [4.69, 9.17) is 0 Å². The van der Waals surface area contributed by atoms with E-state index in [9.17, 15) is 0 Å². The molecule has 13 heavy (non-hydrogen) atoms. The summed E-state index contributed by atoms with van der Waals surface area (Å²) in [4.78, 5) is 5.19. The molecule has 0 radical (unpaired) electrons. The van der Waals surface area contributed by atoms with Crippen LogP contribution in [0, 0.1) is 11.8 Å². The third kappa shape index (κ3) is 1.50. The van der Waals surface area contributed by atoms with Crippen molar-refractivity contribution in [2.24, 2.45) is 11.8 Å². The van der Waals surface area contributed by atoms with Gasteiger partial charge in [-0.15, -0.1) is 0 Å². The van der Waals surface area contributed by atoms with Crippen molar-refractivity contribution in [1.82, 2.24) is 9.80 Å². The summed E-state index contributed by atoms with van der Waals surface area (Å²) in [5, 5.41) is 0. The predicted molar refractivity (Wildman–Crippen MR) is 53.7 cm³/mol. The Balaban J connectivity index is 1.54. The van der Waals surface area contributed by atoms with Gasteiger partial charge >= 0.3 is 0 Å². The first kappa shape index (κ1) is 8.25. The third-order valence-electron chi connectivity index (χ3n) is 4.27. The Morgan fingerprint density at radius 3 is 2.08 bits per heavy atom. The maximum absolute atomic E-state index is 2.74.